The van der Waals surface area contributed by atoms with Gasteiger partial charge >= 0.3 is 0 Å². The maximum absolute atomic E-state index is 5.14. The minimum atomic E-state index is 0.961. The second-order valence-corrected chi connectivity index (χ2v) is 9.76. The maximum Gasteiger partial charge on any atom is 0.139 e. The first kappa shape index (κ1) is 23.6. The van der Waals surface area contributed by atoms with Gasteiger partial charge in [0.15, 0.2) is 0 Å². The molecule has 2 heterocycles. The lowest BCUT2D eigenvalue weighted by Gasteiger charge is -2.13. The summed E-state index contributed by atoms with van der Waals surface area (Å²) in [5.74, 6) is 0. The predicted octanol–water partition coefficient (Wildman–Crippen LogP) is 7.38. The smallest absolute Gasteiger partial charge is 0.139 e. The molecule has 6 aromatic rings. The van der Waals surface area contributed by atoms with E-state index in [1.165, 1.54) is 33.3 Å². The number of nitrogens with zero attached hydrogens (tertiary/aromatic N) is 2. The Bertz CT molecular complexity index is 1690. The number of aromatic nitrogens is 2. The van der Waals surface area contributed by atoms with Crippen LogP contribution in [0.4, 0.5) is 0 Å². The summed E-state index contributed by atoms with van der Waals surface area (Å²) in [6.07, 6.45) is 3.67. The van der Waals surface area contributed by atoms with E-state index in [1.807, 2.05) is 30.6 Å². The van der Waals surface area contributed by atoms with E-state index in [4.69, 9.17) is 4.98 Å². The summed E-state index contributed by atoms with van der Waals surface area (Å²) in [5.41, 5.74) is 13.7. The van der Waals surface area contributed by atoms with Crippen LogP contribution in [0.5, 0.6) is 0 Å². The highest BCUT2D eigenvalue weighted by Gasteiger charge is 2.11. The number of hydrogen-bond acceptors (Lipinski definition) is 2. The Balaban J connectivity index is 1.46. The molecule has 0 bridgehead atoms. The maximum atomic E-state index is 5.14. The fourth-order valence-electron chi connectivity index (χ4n) is 4.85. The summed E-state index contributed by atoms with van der Waals surface area (Å²) >= 11 is 0. The van der Waals surface area contributed by atoms with Crippen LogP contribution in [0.3, 0.4) is 0 Å². The van der Waals surface area contributed by atoms with Crippen molar-refractivity contribution >= 4 is 13.3 Å². The van der Waals surface area contributed by atoms with E-state index in [0.717, 1.165) is 33.6 Å². The van der Waals surface area contributed by atoms with E-state index in [-0.39, 0.29) is 0 Å². The van der Waals surface area contributed by atoms with Crippen LogP contribution in [0.25, 0.3) is 55.9 Å². The fourth-order valence-corrected chi connectivity index (χ4v) is 4.85. The minimum absolute atomic E-state index is 0.961. The van der Waals surface area contributed by atoms with Crippen LogP contribution in [0.2, 0.25) is 0 Å². The van der Waals surface area contributed by atoms with Crippen molar-refractivity contribution in [2.75, 3.05) is 0 Å². The van der Waals surface area contributed by atoms with Gasteiger partial charge in [-0.2, -0.15) is 0 Å². The third kappa shape index (κ3) is 5.05. The molecule has 0 radical (unpaired) electrons. The summed E-state index contributed by atoms with van der Waals surface area (Å²) in [7, 11) is 2.14. The molecule has 0 amide bonds. The number of rotatable bonds is 5. The van der Waals surface area contributed by atoms with Gasteiger partial charge in [0.2, 0.25) is 0 Å². The number of hydrogen-bond donors (Lipinski definition) is 0. The molecule has 180 valence electrons. The van der Waals surface area contributed by atoms with Crippen molar-refractivity contribution in [2.24, 2.45) is 0 Å². The molecule has 0 N–H and O–H groups in total. The Labute approximate surface area is 225 Å². The first-order valence-corrected chi connectivity index (χ1v) is 12.9. The Morgan fingerprint density at radius 3 is 1.61 bits per heavy atom. The van der Waals surface area contributed by atoms with Crippen molar-refractivity contribution in [3.63, 3.8) is 0 Å². The van der Waals surface area contributed by atoms with Crippen molar-refractivity contribution in [1.29, 1.82) is 0 Å². The van der Waals surface area contributed by atoms with Gasteiger partial charge in [-0.1, -0.05) is 102 Å². The van der Waals surface area contributed by atoms with Gasteiger partial charge < -0.3 is 0 Å². The monoisotopic (exact) mass is 486 g/mol. The standard InChI is InChI=1S/C35H27BN2/c1-24-7-9-25(10-8-24)26-11-13-27(14-12-26)31-22-34(29-5-3-2-4-6-29)38-35(23-31)32-19-30(20-33(36)21-32)28-15-17-37-18-16-28/h2-23H,36H2,1H3. The molecular formula is C35H27BN2. The van der Waals surface area contributed by atoms with Crippen LogP contribution in [0.1, 0.15) is 5.56 Å². The van der Waals surface area contributed by atoms with Crippen molar-refractivity contribution in [1.82, 2.24) is 9.97 Å². The van der Waals surface area contributed by atoms with Gasteiger partial charge in [-0.25, -0.2) is 4.98 Å². The zero-order chi connectivity index (χ0) is 25.9. The Kier molecular flexibility index (Phi) is 6.41. The predicted molar refractivity (Wildman–Crippen MR) is 162 cm³/mol. The summed E-state index contributed by atoms with van der Waals surface area (Å²) in [6.45, 7) is 2.12. The van der Waals surface area contributed by atoms with Crippen LogP contribution in [-0.4, -0.2) is 17.8 Å². The molecule has 0 aliphatic carbocycles. The first-order valence-electron chi connectivity index (χ1n) is 12.9. The normalized spacial score (nSPS) is 10.9. The Hall–Kier alpha value is -4.76. The van der Waals surface area contributed by atoms with E-state index < -0.39 is 0 Å². The molecule has 3 heteroatoms. The lowest BCUT2D eigenvalue weighted by Crippen LogP contribution is -2.03. The molecule has 0 atom stereocenters. The lowest BCUT2D eigenvalue weighted by molar-refractivity contribution is 1.32. The average Bonchev–Trinajstić information content (AvgIpc) is 2.98. The average molecular weight is 486 g/mol. The zero-order valence-corrected chi connectivity index (χ0v) is 21.6. The number of benzene rings is 4. The van der Waals surface area contributed by atoms with E-state index >= 15 is 0 Å². The molecular weight excluding hydrogens is 459 g/mol. The molecule has 0 aliphatic rings. The molecule has 0 saturated heterocycles. The van der Waals surface area contributed by atoms with E-state index in [9.17, 15) is 0 Å². The molecule has 0 unspecified atom stereocenters. The molecule has 0 fully saturated rings. The fraction of sp³-hybridized carbons (Fsp3) is 0.0286. The van der Waals surface area contributed by atoms with Gasteiger partial charge in [-0.3, -0.25) is 4.98 Å². The number of aryl methyl sites for hydroxylation is 1. The molecule has 38 heavy (non-hydrogen) atoms. The lowest BCUT2D eigenvalue weighted by atomic mass is 9.88. The van der Waals surface area contributed by atoms with Crippen LogP contribution in [0.15, 0.2) is 134 Å². The molecule has 0 aliphatic heterocycles. The summed E-state index contributed by atoms with van der Waals surface area (Å²) in [4.78, 5) is 9.32. The van der Waals surface area contributed by atoms with Crippen molar-refractivity contribution in [2.45, 2.75) is 6.92 Å². The second kappa shape index (κ2) is 10.3. The van der Waals surface area contributed by atoms with Crippen LogP contribution < -0.4 is 5.46 Å². The van der Waals surface area contributed by atoms with Crippen LogP contribution in [0, 0.1) is 6.92 Å². The Morgan fingerprint density at radius 2 is 0.947 bits per heavy atom. The second-order valence-electron chi connectivity index (χ2n) is 9.76. The van der Waals surface area contributed by atoms with Gasteiger partial charge in [-0.15, -0.1) is 0 Å². The van der Waals surface area contributed by atoms with Crippen molar-refractivity contribution in [3.8, 4) is 55.9 Å². The summed E-state index contributed by atoms with van der Waals surface area (Å²) < 4.78 is 0. The minimum Gasteiger partial charge on any atom is -0.265 e. The van der Waals surface area contributed by atoms with Crippen molar-refractivity contribution < 1.29 is 0 Å². The van der Waals surface area contributed by atoms with E-state index in [2.05, 4.69) is 123 Å². The van der Waals surface area contributed by atoms with Gasteiger partial charge in [-0.05, 0) is 70.6 Å². The zero-order valence-electron chi connectivity index (χ0n) is 21.6. The highest BCUT2D eigenvalue weighted by atomic mass is 14.7. The van der Waals surface area contributed by atoms with Gasteiger partial charge in [0.05, 0.1) is 11.4 Å². The van der Waals surface area contributed by atoms with E-state index in [1.54, 1.807) is 0 Å². The third-order valence-corrected chi connectivity index (χ3v) is 6.88. The van der Waals surface area contributed by atoms with Gasteiger partial charge in [0, 0.05) is 23.5 Å². The molecule has 0 spiro atoms. The molecule has 4 aromatic carbocycles. The summed E-state index contributed by atoms with van der Waals surface area (Å²) in [6, 6.07) is 43.1. The topological polar surface area (TPSA) is 25.8 Å². The SMILES string of the molecule is Bc1cc(-c2ccncc2)cc(-c2cc(-c3ccc(-c4ccc(C)cc4)cc3)cc(-c3ccccc3)n2)c1. The van der Waals surface area contributed by atoms with Gasteiger partial charge in [0.25, 0.3) is 0 Å². The Morgan fingerprint density at radius 1 is 0.447 bits per heavy atom. The molecule has 2 aromatic heterocycles. The van der Waals surface area contributed by atoms with Gasteiger partial charge in [0.1, 0.15) is 7.85 Å². The largest absolute Gasteiger partial charge is 0.265 e. The third-order valence-electron chi connectivity index (χ3n) is 6.88. The quantitative estimate of drug-likeness (QED) is 0.238. The number of pyridine rings is 2. The highest BCUT2D eigenvalue weighted by Crippen LogP contribution is 2.32. The highest BCUT2D eigenvalue weighted by molar-refractivity contribution is 6.33. The van der Waals surface area contributed by atoms with Crippen LogP contribution in [-0.2, 0) is 0 Å². The van der Waals surface area contributed by atoms with Crippen LogP contribution >= 0.6 is 0 Å². The van der Waals surface area contributed by atoms with Crippen molar-refractivity contribution in [3.05, 3.63) is 139 Å². The first-order chi connectivity index (χ1) is 18.6. The summed E-state index contributed by atoms with van der Waals surface area (Å²) in [5, 5.41) is 0. The molecule has 2 nitrogen and oxygen atoms in total. The molecule has 6 rings (SSSR count). The van der Waals surface area contributed by atoms with E-state index in [0.29, 0.717) is 0 Å². The molecule has 0 saturated carbocycles.